The first-order valence-corrected chi connectivity index (χ1v) is 7.92. The minimum absolute atomic E-state index is 0.0258. The number of carbonyl (C=O) groups excluding carboxylic acids is 1. The van der Waals surface area contributed by atoms with Gasteiger partial charge in [-0.15, -0.1) is 0 Å². The number of ketones is 1. The van der Waals surface area contributed by atoms with Crippen LogP contribution in [0.5, 0.6) is 0 Å². The van der Waals surface area contributed by atoms with Crippen molar-refractivity contribution in [3.8, 4) is 11.8 Å². The van der Waals surface area contributed by atoms with Gasteiger partial charge in [-0.1, -0.05) is 29.8 Å². The molecule has 0 spiro atoms. The number of Topliss-reactive ketones (excluding diaryl/α,β-unsaturated/α-hetero) is 1. The molecule has 0 fully saturated rings. The van der Waals surface area contributed by atoms with Gasteiger partial charge in [-0.05, 0) is 38.1 Å². The molecule has 0 aliphatic carbocycles. The minimum atomic E-state index is -0.406. The fourth-order valence-electron chi connectivity index (χ4n) is 2.47. The molecule has 0 bridgehead atoms. The van der Waals surface area contributed by atoms with Crippen LogP contribution >= 0.6 is 11.6 Å². The summed E-state index contributed by atoms with van der Waals surface area (Å²) in [5.41, 5.74) is 2.29. The zero-order valence-corrected chi connectivity index (χ0v) is 14.4. The number of allylic oxidation sites excluding steroid dienone is 1. The van der Waals surface area contributed by atoms with Gasteiger partial charge in [0.1, 0.15) is 22.6 Å². The lowest BCUT2D eigenvalue weighted by atomic mass is 10.0. The van der Waals surface area contributed by atoms with Gasteiger partial charge in [0.2, 0.25) is 5.78 Å². The highest BCUT2D eigenvalue weighted by Crippen LogP contribution is 2.26. The van der Waals surface area contributed by atoms with Crippen LogP contribution in [0.2, 0.25) is 5.15 Å². The fourth-order valence-corrected chi connectivity index (χ4v) is 2.80. The molecule has 0 radical (unpaired) electrons. The number of rotatable bonds is 4. The van der Waals surface area contributed by atoms with Gasteiger partial charge in [-0.3, -0.25) is 4.79 Å². The Morgan fingerprint density at radius 3 is 2.60 bits per heavy atom. The minimum Gasteiger partial charge on any atom is -0.469 e. The van der Waals surface area contributed by atoms with Crippen LogP contribution in [0.4, 0.5) is 0 Å². The molecule has 0 N–H and O–H groups in total. The molecule has 0 unspecified atom stereocenters. The largest absolute Gasteiger partial charge is 0.469 e. The van der Waals surface area contributed by atoms with Gasteiger partial charge < -0.3 is 4.42 Å². The molecule has 3 aromatic rings. The Labute approximate surface area is 149 Å². The van der Waals surface area contributed by atoms with E-state index in [0.717, 1.165) is 5.69 Å². The first-order valence-electron chi connectivity index (χ1n) is 7.54. The molecule has 5 nitrogen and oxygen atoms in total. The Balaban J connectivity index is 2.06. The van der Waals surface area contributed by atoms with E-state index in [1.165, 1.54) is 12.3 Å². The van der Waals surface area contributed by atoms with E-state index in [1.807, 2.05) is 36.4 Å². The number of hydrogen-bond acceptors (Lipinski definition) is 4. The predicted molar refractivity (Wildman–Crippen MR) is 94.7 cm³/mol. The summed E-state index contributed by atoms with van der Waals surface area (Å²) in [6.45, 7) is 3.45. The van der Waals surface area contributed by atoms with E-state index in [-0.39, 0.29) is 5.57 Å². The van der Waals surface area contributed by atoms with Gasteiger partial charge >= 0.3 is 0 Å². The maximum absolute atomic E-state index is 12.5. The lowest BCUT2D eigenvalue weighted by Crippen LogP contribution is -2.02. The molecule has 0 saturated carbocycles. The summed E-state index contributed by atoms with van der Waals surface area (Å²) in [5, 5.41) is 14.2. The molecular weight excluding hydrogens is 338 g/mol. The van der Waals surface area contributed by atoms with E-state index >= 15 is 0 Å². The number of nitrogens with zero attached hydrogens (tertiary/aromatic N) is 3. The number of hydrogen-bond donors (Lipinski definition) is 0. The molecular formula is C19H14ClN3O2. The van der Waals surface area contributed by atoms with Crippen molar-refractivity contribution in [1.82, 2.24) is 9.78 Å². The summed E-state index contributed by atoms with van der Waals surface area (Å²) in [5.74, 6) is 0.0608. The molecule has 6 heteroatoms. The number of halogens is 1. The molecule has 25 heavy (non-hydrogen) atoms. The summed E-state index contributed by atoms with van der Waals surface area (Å²) in [4.78, 5) is 12.5. The topological polar surface area (TPSA) is 71.8 Å². The zero-order valence-electron chi connectivity index (χ0n) is 13.7. The smallest absolute Gasteiger partial charge is 0.207 e. The highest BCUT2D eigenvalue weighted by atomic mass is 35.5. The molecule has 124 valence electrons. The van der Waals surface area contributed by atoms with Crippen LogP contribution in [-0.2, 0) is 0 Å². The van der Waals surface area contributed by atoms with Crippen LogP contribution in [0.25, 0.3) is 11.8 Å². The monoisotopic (exact) mass is 351 g/mol. The number of aromatic nitrogens is 2. The highest BCUT2D eigenvalue weighted by molar-refractivity contribution is 6.31. The molecule has 0 aliphatic heterocycles. The Kier molecular flexibility index (Phi) is 4.55. The van der Waals surface area contributed by atoms with Crippen molar-refractivity contribution in [2.45, 2.75) is 13.8 Å². The Hall–Kier alpha value is -3.10. The molecule has 1 aromatic carbocycles. The summed E-state index contributed by atoms with van der Waals surface area (Å²) in [6.07, 6.45) is 2.89. The third-order valence-electron chi connectivity index (χ3n) is 3.81. The van der Waals surface area contributed by atoms with Gasteiger partial charge in [0.15, 0.2) is 0 Å². The number of furan rings is 1. The average Bonchev–Trinajstić information content (AvgIpc) is 3.17. The normalized spacial score (nSPS) is 11.4. The van der Waals surface area contributed by atoms with Crippen LogP contribution in [0.15, 0.2) is 52.7 Å². The molecule has 3 rings (SSSR count). The third kappa shape index (κ3) is 3.12. The maximum Gasteiger partial charge on any atom is 0.207 e. The zero-order chi connectivity index (χ0) is 18.0. The Bertz CT molecular complexity index is 1010. The second-order valence-corrected chi connectivity index (χ2v) is 5.78. The SMILES string of the molecule is Cc1nn(-c2ccccc2)c(Cl)c1/C=C(\C#N)C(=O)c1ccoc1C. The highest BCUT2D eigenvalue weighted by Gasteiger charge is 2.19. The maximum atomic E-state index is 12.5. The van der Waals surface area contributed by atoms with Crippen LogP contribution in [-0.4, -0.2) is 15.6 Å². The van der Waals surface area contributed by atoms with Gasteiger partial charge in [0.05, 0.1) is 23.2 Å². The molecule has 0 saturated heterocycles. The second kappa shape index (κ2) is 6.80. The first kappa shape index (κ1) is 16.7. The standard InChI is InChI=1S/C19H14ClN3O2/c1-12-17(19(20)23(22-12)15-6-4-3-5-7-15)10-14(11-21)18(24)16-8-9-25-13(16)2/h3-10H,1-2H3/b14-10+. The first-order chi connectivity index (χ1) is 12.0. The van der Waals surface area contributed by atoms with E-state index < -0.39 is 5.78 Å². The van der Waals surface area contributed by atoms with Gasteiger partial charge in [0.25, 0.3) is 0 Å². The number of aryl methyl sites for hydroxylation is 2. The molecule has 2 aromatic heterocycles. The van der Waals surface area contributed by atoms with Crippen molar-refractivity contribution < 1.29 is 9.21 Å². The summed E-state index contributed by atoms with van der Waals surface area (Å²) in [7, 11) is 0. The molecule has 2 heterocycles. The molecule has 0 amide bonds. The van der Waals surface area contributed by atoms with Crippen molar-refractivity contribution in [2.75, 3.05) is 0 Å². The fraction of sp³-hybridized carbons (Fsp3) is 0.105. The van der Waals surface area contributed by atoms with Crippen LogP contribution < -0.4 is 0 Å². The number of benzene rings is 1. The van der Waals surface area contributed by atoms with Crippen molar-refractivity contribution in [3.05, 3.63) is 76.0 Å². The molecule has 0 atom stereocenters. The number of carbonyl (C=O) groups is 1. The Morgan fingerprint density at radius 2 is 2.00 bits per heavy atom. The number of nitriles is 1. The van der Waals surface area contributed by atoms with E-state index in [9.17, 15) is 10.1 Å². The lowest BCUT2D eigenvalue weighted by molar-refractivity contribution is 0.103. The van der Waals surface area contributed by atoms with E-state index in [0.29, 0.717) is 27.7 Å². The van der Waals surface area contributed by atoms with Crippen molar-refractivity contribution in [1.29, 1.82) is 5.26 Å². The molecule has 0 aliphatic rings. The number of para-hydroxylation sites is 1. The third-order valence-corrected chi connectivity index (χ3v) is 4.17. The van der Waals surface area contributed by atoms with Gasteiger partial charge in [0, 0.05) is 5.56 Å². The summed E-state index contributed by atoms with van der Waals surface area (Å²) < 4.78 is 6.71. The second-order valence-electron chi connectivity index (χ2n) is 5.43. The lowest BCUT2D eigenvalue weighted by Gasteiger charge is -2.02. The van der Waals surface area contributed by atoms with Gasteiger partial charge in [-0.25, -0.2) is 4.68 Å². The van der Waals surface area contributed by atoms with E-state index in [1.54, 1.807) is 24.6 Å². The van der Waals surface area contributed by atoms with Gasteiger partial charge in [-0.2, -0.15) is 10.4 Å². The Morgan fingerprint density at radius 1 is 1.28 bits per heavy atom. The van der Waals surface area contributed by atoms with E-state index in [2.05, 4.69) is 5.10 Å². The van der Waals surface area contributed by atoms with Crippen molar-refractivity contribution >= 4 is 23.5 Å². The summed E-state index contributed by atoms with van der Waals surface area (Å²) >= 11 is 6.44. The predicted octanol–water partition coefficient (Wildman–Crippen LogP) is 4.53. The van der Waals surface area contributed by atoms with Crippen LogP contribution in [0.1, 0.15) is 27.4 Å². The van der Waals surface area contributed by atoms with E-state index in [4.69, 9.17) is 16.0 Å². The average molecular weight is 352 g/mol. The van der Waals surface area contributed by atoms with Crippen LogP contribution in [0.3, 0.4) is 0 Å². The summed E-state index contributed by atoms with van der Waals surface area (Å²) in [6, 6.07) is 12.9. The van der Waals surface area contributed by atoms with Crippen molar-refractivity contribution in [2.24, 2.45) is 0 Å². The van der Waals surface area contributed by atoms with Crippen LogP contribution in [0, 0.1) is 25.2 Å². The van der Waals surface area contributed by atoms with Crippen molar-refractivity contribution in [3.63, 3.8) is 0 Å². The quantitative estimate of drug-likeness (QED) is 0.393.